The molecule has 2 saturated heterocycles. The Labute approximate surface area is 203 Å². The average molecular weight is 490 g/mol. The summed E-state index contributed by atoms with van der Waals surface area (Å²) in [5.74, 6) is 0.247. The quantitative estimate of drug-likeness (QED) is 0.593. The lowest BCUT2D eigenvalue weighted by Gasteiger charge is -2.38. The highest BCUT2D eigenvalue weighted by atomic mass is 35.5. The third-order valence-corrected chi connectivity index (χ3v) is 5.72. The van der Waals surface area contributed by atoms with Gasteiger partial charge in [0.1, 0.15) is 0 Å². The standard InChI is InChI=1S/C22H35N5O3.2ClH/c1-18(2)17-30-21(28)7-12-25-10-5-19(6-11-25)24-22(29)27-15-13-26(14-16-27)20-3-8-23-9-4-20;;/h3-4,8-9,18-19H,5-7,10-17H2,1-2H3,(H,24,29);2*1H. The molecule has 0 spiro atoms. The summed E-state index contributed by atoms with van der Waals surface area (Å²) in [4.78, 5) is 35.0. The van der Waals surface area contributed by atoms with E-state index in [2.05, 4.69) is 20.1 Å². The Hall–Kier alpha value is -1.77. The Morgan fingerprint density at radius 2 is 1.69 bits per heavy atom. The van der Waals surface area contributed by atoms with Crippen LogP contribution >= 0.6 is 24.8 Å². The minimum atomic E-state index is -0.120. The molecule has 1 aromatic rings. The summed E-state index contributed by atoms with van der Waals surface area (Å²) < 4.78 is 5.24. The predicted octanol–water partition coefficient (Wildman–Crippen LogP) is 2.81. The molecule has 2 amide bonds. The lowest BCUT2D eigenvalue weighted by Crippen LogP contribution is -2.55. The normalized spacial score (nSPS) is 17.3. The molecule has 3 heterocycles. The zero-order valence-electron chi connectivity index (χ0n) is 19.1. The predicted molar refractivity (Wildman–Crippen MR) is 131 cm³/mol. The number of esters is 1. The molecule has 2 fully saturated rings. The molecule has 0 radical (unpaired) electrons. The number of piperazine rings is 1. The number of rotatable bonds is 7. The van der Waals surface area contributed by atoms with Crippen LogP contribution in [-0.4, -0.2) is 85.2 Å². The maximum atomic E-state index is 12.6. The second-order valence-corrected chi connectivity index (χ2v) is 8.57. The number of hydrogen-bond donors (Lipinski definition) is 1. The molecule has 0 aromatic carbocycles. The Morgan fingerprint density at radius 1 is 1.06 bits per heavy atom. The summed E-state index contributed by atoms with van der Waals surface area (Å²) in [6, 6.07) is 4.26. The molecule has 1 N–H and O–H groups in total. The third-order valence-electron chi connectivity index (χ3n) is 5.72. The summed E-state index contributed by atoms with van der Waals surface area (Å²) in [5.41, 5.74) is 1.16. The van der Waals surface area contributed by atoms with Crippen LogP contribution in [0.25, 0.3) is 0 Å². The molecule has 8 nitrogen and oxygen atoms in total. The van der Waals surface area contributed by atoms with E-state index >= 15 is 0 Å². The van der Waals surface area contributed by atoms with E-state index in [4.69, 9.17) is 4.74 Å². The summed E-state index contributed by atoms with van der Waals surface area (Å²) in [6.45, 7) is 10.2. The Morgan fingerprint density at radius 3 is 2.28 bits per heavy atom. The van der Waals surface area contributed by atoms with Crippen LogP contribution in [0.1, 0.15) is 33.1 Å². The number of likely N-dealkylation sites (tertiary alicyclic amines) is 1. The van der Waals surface area contributed by atoms with Gasteiger partial charge in [0.25, 0.3) is 0 Å². The van der Waals surface area contributed by atoms with E-state index in [-0.39, 0.29) is 42.9 Å². The van der Waals surface area contributed by atoms with Crippen LogP contribution in [-0.2, 0) is 9.53 Å². The molecule has 182 valence electrons. The smallest absolute Gasteiger partial charge is 0.317 e. The van der Waals surface area contributed by atoms with Crippen LogP contribution in [0, 0.1) is 5.92 Å². The zero-order valence-corrected chi connectivity index (χ0v) is 20.7. The Kier molecular flexibility index (Phi) is 12.7. The molecular weight excluding hydrogens is 453 g/mol. The number of nitrogens with zero attached hydrogens (tertiary/aromatic N) is 4. The van der Waals surface area contributed by atoms with Gasteiger partial charge in [-0.15, -0.1) is 24.8 Å². The first-order valence-electron chi connectivity index (χ1n) is 11.1. The number of amides is 2. The first kappa shape index (κ1) is 28.3. The Balaban J connectivity index is 0.00000256. The van der Waals surface area contributed by atoms with Crippen LogP contribution in [0.2, 0.25) is 0 Å². The van der Waals surface area contributed by atoms with Crippen molar-refractivity contribution in [3.8, 4) is 0 Å². The van der Waals surface area contributed by atoms with Gasteiger partial charge in [0.2, 0.25) is 0 Å². The molecule has 0 saturated carbocycles. The molecule has 3 rings (SSSR count). The van der Waals surface area contributed by atoms with Crippen molar-refractivity contribution in [3.63, 3.8) is 0 Å². The van der Waals surface area contributed by atoms with Gasteiger partial charge in [0.15, 0.2) is 0 Å². The summed E-state index contributed by atoms with van der Waals surface area (Å²) in [5, 5.41) is 3.20. The highest BCUT2D eigenvalue weighted by Crippen LogP contribution is 2.16. The second kappa shape index (κ2) is 14.4. The molecular formula is C22H37Cl2N5O3. The SMILES string of the molecule is CC(C)COC(=O)CCN1CCC(NC(=O)N2CCN(c3ccncc3)CC2)CC1.Cl.Cl. The van der Waals surface area contributed by atoms with Gasteiger partial charge in [-0.1, -0.05) is 13.8 Å². The molecule has 0 aliphatic carbocycles. The van der Waals surface area contributed by atoms with Crippen LogP contribution in [0.4, 0.5) is 10.5 Å². The van der Waals surface area contributed by atoms with E-state index in [0.29, 0.717) is 18.9 Å². The van der Waals surface area contributed by atoms with E-state index in [9.17, 15) is 9.59 Å². The number of pyridine rings is 1. The number of aromatic nitrogens is 1. The molecule has 0 atom stereocenters. The number of carbonyl (C=O) groups excluding carboxylic acids is 2. The zero-order chi connectivity index (χ0) is 21.3. The first-order valence-corrected chi connectivity index (χ1v) is 11.1. The van der Waals surface area contributed by atoms with Gasteiger partial charge in [-0.05, 0) is 30.9 Å². The van der Waals surface area contributed by atoms with Gasteiger partial charge >= 0.3 is 12.0 Å². The summed E-state index contributed by atoms with van der Waals surface area (Å²) in [6.07, 6.45) is 5.88. The highest BCUT2D eigenvalue weighted by Gasteiger charge is 2.25. The molecule has 0 unspecified atom stereocenters. The molecule has 1 aromatic heterocycles. The fourth-order valence-electron chi connectivity index (χ4n) is 3.87. The van der Waals surface area contributed by atoms with Crippen molar-refractivity contribution < 1.29 is 14.3 Å². The van der Waals surface area contributed by atoms with E-state index in [1.165, 1.54) is 0 Å². The molecule has 0 bridgehead atoms. The molecule has 2 aliphatic heterocycles. The molecule has 2 aliphatic rings. The number of ether oxygens (including phenoxy) is 1. The van der Waals surface area contributed by atoms with Crippen molar-refractivity contribution >= 4 is 42.5 Å². The van der Waals surface area contributed by atoms with Gasteiger partial charge in [-0.2, -0.15) is 0 Å². The van der Waals surface area contributed by atoms with Crippen molar-refractivity contribution in [1.29, 1.82) is 0 Å². The van der Waals surface area contributed by atoms with E-state index < -0.39 is 0 Å². The van der Waals surface area contributed by atoms with E-state index in [0.717, 1.165) is 64.3 Å². The Bertz CT molecular complexity index is 679. The number of hydrogen-bond acceptors (Lipinski definition) is 6. The van der Waals surface area contributed by atoms with Crippen LogP contribution < -0.4 is 10.2 Å². The fraction of sp³-hybridized carbons (Fsp3) is 0.682. The largest absolute Gasteiger partial charge is 0.465 e. The number of nitrogens with one attached hydrogen (secondary N) is 1. The number of piperidine rings is 1. The topological polar surface area (TPSA) is 78.0 Å². The minimum Gasteiger partial charge on any atom is -0.465 e. The third kappa shape index (κ3) is 9.00. The fourth-order valence-corrected chi connectivity index (χ4v) is 3.87. The molecule has 32 heavy (non-hydrogen) atoms. The van der Waals surface area contributed by atoms with Gasteiger partial charge in [0, 0.05) is 69.9 Å². The van der Waals surface area contributed by atoms with Crippen molar-refractivity contribution in [2.24, 2.45) is 5.92 Å². The van der Waals surface area contributed by atoms with Gasteiger partial charge in [-0.25, -0.2) is 4.79 Å². The van der Waals surface area contributed by atoms with Crippen molar-refractivity contribution in [1.82, 2.24) is 20.1 Å². The van der Waals surface area contributed by atoms with Crippen molar-refractivity contribution in [2.75, 3.05) is 57.3 Å². The number of anilines is 1. The lowest BCUT2D eigenvalue weighted by molar-refractivity contribution is -0.145. The summed E-state index contributed by atoms with van der Waals surface area (Å²) >= 11 is 0. The van der Waals surface area contributed by atoms with E-state index in [1.807, 2.05) is 30.9 Å². The second-order valence-electron chi connectivity index (χ2n) is 8.57. The highest BCUT2D eigenvalue weighted by molar-refractivity contribution is 5.85. The number of urea groups is 1. The monoisotopic (exact) mass is 489 g/mol. The van der Waals surface area contributed by atoms with Crippen LogP contribution in [0.5, 0.6) is 0 Å². The number of halogens is 2. The van der Waals surface area contributed by atoms with Gasteiger partial charge in [0.05, 0.1) is 13.0 Å². The van der Waals surface area contributed by atoms with Crippen molar-refractivity contribution in [3.05, 3.63) is 24.5 Å². The van der Waals surface area contributed by atoms with Gasteiger partial charge < -0.3 is 24.8 Å². The average Bonchev–Trinajstić information content (AvgIpc) is 2.78. The van der Waals surface area contributed by atoms with E-state index in [1.54, 1.807) is 12.4 Å². The number of carbonyl (C=O) groups is 2. The summed E-state index contributed by atoms with van der Waals surface area (Å²) in [7, 11) is 0. The lowest BCUT2D eigenvalue weighted by atomic mass is 10.1. The van der Waals surface area contributed by atoms with Gasteiger partial charge in [-0.3, -0.25) is 9.78 Å². The maximum absolute atomic E-state index is 12.6. The molecule has 10 heteroatoms. The maximum Gasteiger partial charge on any atom is 0.317 e. The van der Waals surface area contributed by atoms with Crippen molar-refractivity contribution in [2.45, 2.75) is 39.2 Å². The minimum absolute atomic E-state index is 0. The van der Waals surface area contributed by atoms with Crippen LogP contribution in [0.3, 0.4) is 0 Å². The van der Waals surface area contributed by atoms with Crippen LogP contribution in [0.15, 0.2) is 24.5 Å². The first-order chi connectivity index (χ1) is 14.5.